The molecule has 0 amide bonds. The van der Waals surface area contributed by atoms with E-state index in [9.17, 15) is 0 Å². The Labute approximate surface area is 57.0 Å². The Morgan fingerprint density at radius 3 is 2.78 bits per heavy atom. The summed E-state index contributed by atoms with van der Waals surface area (Å²) in [5, 5.41) is 8.25. The Bertz CT molecular complexity index is 128. The van der Waals surface area contributed by atoms with E-state index in [1.807, 2.05) is 6.92 Å². The molecular weight excluding hydrogens is 110 g/mol. The highest BCUT2D eigenvalue weighted by atomic mass is 14.2. The van der Waals surface area contributed by atoms with Crippen LogP contribution in [0.25, 0.3) is 0 Å². The van der Waals surface area contributed by atoms with Gasteiger partial charge in [0.25, 0.3) is 0 Å². The Kier molecular flexibility index (Phi) is 4.91. The van der Waals surface area contributed by atoms with Gasteiger partial charge in [0, 0.05) is 0 Å². The summed E-state index contributed by atoms with van der Waals surface area (Å²) in [5.41, 5.74) is 1.19. The molecule has 0 atom stereocenters. The molecule has 0 bridgehead atoms. The van der Waals surface area contributed by atoms with Gasteiger partial charge in [-0.05, 0) is 13.3 Å². The first-order valence-corrected chi connectivity index (χ1v) is 3.33. The van der Waals surface area contributed by atoms with E-state index in [0.29, 0.717) is 6.42 Å². The second-order valence-corrected chi connectivity index (χ2v) is 2.17. The first-order valence-electron chi connectivity index (χ1n) is 3.33. The van der Waals surface area contributed by atoms with Crippen LogP contribution in [0.4, 0.5) is 0 Å². The van der Waals surface area contributed by atoms with Gasteiger partial charge < -0.3 is 0 Å². The van der Waals surface area contributed by atoms with Crippen LogP contribution in [0.3, 0.4) is 0 Å². The van der Waals surface area contributed by atoms with Crippen molar-refractivity contribution in [2.24, 2.45) is 0 Å². The van der Waals surface area contributed by atoms with Gasteiger partial charge in [0.1, 0.15) is 0 Å². The number of nitriles is 1. The summed E-state index contributed by atoms with van der Waals surface area (Å²) in [5.74, 6) is 0. The lowest BCUT2D eigenvalue weighted by Gasteiger charge is -1.89. The fourth-order valence-electron chi connectivity index (χ4n) is 0.588. The van der Waals surface area contributed by atoms with Crippen LogP contribution in [0.2, 0.25) is 0 Å². The standard InChI is InChI=1S/C8H13N/c1-3-4-5-8(2)6-7-9/h5H,3-4,6H2,1-2H3/b8-5+. The van der Waals surface area contributed by atoms with Gasteiger partial charge in [-0.3, -0.25) is 0 Å². The van der Waals surface area contributed by atoms with Crippen LogP contribution < -0.4 is 0 Å². The number of allylic oxidation sites excluding steroid dienone is 2. The van der Waals surface area contributed by atoms with Crippen LogP contribution in [0.1, 0.15) is 33.1 Å². The third-order valence-corrected chi connectivity index (χ3v) is 1.14. The van der Waals surface area contributed by atoms with Crippen LogP contribution in [-0.2, 0) is 0 Å². The number of nitrogens with zero attached hydrogens (tertiary/aromatic N) is 1. The summed E-state index contributed by atoms with van der Waals surface area (Å²) >= 11 is 0. The van der Waals surface area contributed by atoms with Crippen molar-refractivity contribution in [3.05, 3.63) is 11.6 Å². The number of hydrogen-bond donors (Lipinski definition) is 0. The van der Waals surface area contributed by atoms with Crippen LogP contribution >= 0.6 is 0 Å². The maximum absolute atomic E-state index is 8.25. The van der Waals surface area contributed by atoms with E-state index in [4.69, 9.17) is 5.26 Å². The zero-order valence-corrected chi connectivity index (χ0v) is 6.15. The summed E-state index contributed by atoms with van der Waals surface area (Å²) in [6.45, 7) is 4.13. The van der Waals surface area contributed by atoms with Gasteiger partial charge in [0.2, 0.25) is 0 Å². The lowest BCUT2D eigenvalue weighted by atomic mass is 10.2. The highest BCUT2D eigenvalue weighted by molar-refractivity contribution is 5.03. The average Bonchev–Trinajstić information content (AvgIpc) is 1.85. The first-order chi connectivity index (χ1) is 4.31. The molecule has 50 valence electrons. The highest BCUT2D eigenvalue weighted by Gasteiger charge is 1.83. The fraction of sp³-hybridized carbons (Fsp3) is 0.625. The summed E-state index contributed by atoms with van der Waals surface area (Å²) < 4.78 is 0. The van der Waals surface area contributed by atoms with Gasteiger partial charge >= 0.3 is 0 Å². The highest BCUT2D eigenvalue weighted by Crippen LogP contribution is 2.00. The van der Waals surface area contributed by atoms with Gasteiger partial charge in [-0.25, -0.2) is 0 Å². The Morgan fingerprint density at radius 2 is 2.33 bits per heavy atom. The van der Waals surface area contributed by atoms with E-state index in [0.717, 1.165) is 6.42 Å². The molecule has 0 N–H and O–H groups in total. The van der Waals surface area contributed by atoms with Crippen LogP contribution in [0.15, 0.2) is 11.6 Å². The molecule has 1 nitrogen and oxygen atoms in total. The minimum Gasteiger partial charge on any atom is -0.198 e. The van der Waals surface area contributed by atoms with Crippen LogP contribution in [0, 0.1) is 11.3 Å². The third kappa shape index (κ3) is 5.10. The van der Waals surface area contributed by atoms with Crippen molar-refractivity contribution in [1.29, 1.82) is 5.26 Å². The van der Waals surface area contributed by atoms with E-state index >= 15 is 0 Å². The molecule has 0 radical (unpaired) electrons. The largest absolute Gasteiger partial charge is 0.198 e. The average molecular weight is 123 g/mol. The summed E-state index contributed by atoms with van der Waals surface area (Å²) in [7, 11) is 0. The Balaban J connectivity index is 3.46. The SMILES string of the molecule is CCC/C=C(\C)CC#N. The molecule has 0 unspecified atom stereocenters. The number of rotatable bonds is 3. The van der Waals surface area contributed by atoms with E-state index in [1.54, 1.807) is 0 Å². The van der Waals surface area contributed by atoms with Gasteiger partial charge in [0.05, 0.1) is 12.5 Å². The summed E-state index contributed by atoms with van der Waals surface area (Å²) in [6.07, 6.45) is 4.99. The molecule has 9 heavy (non-hydrogen) atoms. The van der Waals surface area contributed by atoms with Crippen LogP contribution in [0.5, 0.6) is 0 Å². The van der Waals surface area contributed by atoms with Crippen molar-refractivity contribution in [3.63, 3.8) is 0 Å². The number of unbranched alkanes of at least 4 members (excludes halogenated alkanes) is 1. The zero-order valence-electron chi connectivity index (χ0n) is 6.15. The minimum absolute atomic E-state index is 0.583. The fourth-order valence-corrected chi connectivity index (χ4v) is 0.588. The lowest BCUT2D eigenvalue weighted by molar-refractivity contribution is 0.942. The predicted molar refractivity (Wildman–Crippen MR) is 38.9 cm³/mol. The third-order valence-electron chi connectivity index (χ3n) is 1.14. The second-order valence-electron chi connectivity index (χ2n) is 2.17. The molecule has 0 aliphatic heterocycles. The summed E-state index contributed by atoms with van der Waals surface area (Å²) in [6, 6.07) is 2.11. The van der Waals surface area contributed by atoms with E-state index in [2.05, 4.69) is 19.1 Å². The molecule has 0 aromatic carbocycles. The molecule has 0 rings (SSSR count). The smallest absolute Gasteiger partial charge is 0.0666 e. The Morgan fingerprint density at radius 1 is 1.67 bits per heavy atom. The lowest BCUT2D eigenvalue weighted by Crippen LogP contribution is -1.72. The van der Waals surface area contributed by atoms with Crippen molar-refractivity contribution < 1.29 is 0 Å². The molecule has 1 heteroatoms. The van der Waals surface area contributed by atoms with Gasteiger partial charge in [-0.1, -0.05) is 25.0 Å². The maximum atomic E-state index is 8.25. The molecule has 0 aliphatic carbocycles. The molecule has 0 aromatic heterocycles. The predicted octanol–water partition coefficient (Wildman–Crippen LogP) is 2.65. The molecule has 0 fully saturated rings. The van der Waals surface area contributed by atoms with Crippen molar-refractivity contribution in [1.82, 2.24) is 0 Å². The van der Waals surface area contributed by atoms with Crippen molar-refractivity contribution in [3.8, 4) is 6.07 Å². The molecule has 0 aromatic rings. The zero-order chi connectivity index (χ0) is 7.11. The minimum atomic E-state index is 0.583. The van der Waals surface area contributed by atoms with Crippen molar-refractivity contribution >= 4 is 0 Å². The van der Waals surface area contributed by atoms with Crippen molar-refractivity contribution in [2.75, 3.05) is 0 Å². The first kappa shape index (κ1) is 8.23. The topological polar surface area (TPSA) is 23.8 Å². The van der Waals surface area contributed by atoms with E-state index in [-0.39, 0.29) is 0 Å². The van der Waals surface area contributed by atoms with Gasteiger partial charge in [-0.2, -0.15) is 5.26 Å². The Hall–Kier alpha value is -0.770. The molecule has 0 aliphatic rings. The van der Waals surface area contributed by atoms with Crippen molar-refractivity contribution in [2.45, 2.75) is 33.1 Å². The molecule has 0 saturated heterocycles. The van der Waals surface area contributed by atoms with Gasteiger partial charge in [-0.15, -0.1) is 0 Å². The van der Waals surface area contributed by atoms with E-state index < -0.39 is 0 Å². The molecule has 0 heterocycles. The number of hydrogen-bond acceptors (Lipinski definition) is 1. The summed E-state index contributed by atoms with van der Waals surface area (Å²) in [4.78, 5) is 0. The quantitative estimate of drug-likeness (QED) is 0.529. The normalized spacial score (nSPS) is 11.0. The van der Waals surface area contributed by atoms with Gasteiger partial charge in [0.15, 0.2) is 0 Å². The van der Waals surface area contributed by atoms with Crippen LogP contribution in [-0.4, -0.2) is 0 Å². The monoisotopic (exact) mass is 123 g/mol. The molecule has 0 spiro atoms. The van der Waals surface area contributed by atoms with E-state index in [1.165, 1.54) is 12.0 Å². The molecule has 0 saturated carbocycles. The second kappa shape index (κ2) is 5.37. The molecular formula is C8H13N. The maximum Gasteiger partial charge on any atom is 0.0666 e.